The maximum absolute atomic E-state index is 5.88. The molecule has 94 valence electrons. The summed E-state index contributed by atoms with van der Waals surface area (Å²) in [5.74, 6) is 0. The van der Waals surface area contributed by atoms with E-state index in [1.54, 1.807) is 0 Å². The predicted octanol–water partition coefficient (Wildman–Crippen LogP) is 5.56. The average molecular weight is 252 g/mol. The number of benzene rings is 1. The number of aryl methyl sites for hydroxylation is 2. The van der Waals surface area contributed by atoms with E-state index in [4.69, 9.17) is 11.6 Å². The van der Waals surface area contributed by atoms with Crippen LogP contribution in [0.15, 0.2) is 24.4 Å². The predicted molar refractivity (Wildman–Crippen MR) is 78.9 cm³/mol. The van der Waals surface area contributed by atoms with Crippen LogP contribution in [0.3, 0.4) is 0 Å². The third-order valence-electron chi connectivity index (χ3n) is 2.36. The Hall–Kier alpha value is -1.08. The number of nitrogens with zero attached hydrogens (tertiary/aromatic N) is 1. The third-order valence-corrected chi connectivity index (χ3v) is 2.59. The van der Waals surface area contributed by atoms with Crippen LogP contribution < -0.4 is 0 Å². The highest BCUT2D eigenvalue weighted by molar-refractivity contribution is 6.31. The first-order valence-electron chi connectivity index (χ1n) is 6.20. The van der Waals surface area contributed by atoms with Gasteiger partial charge in [0.05, 0.1) is 0 Å². The van der Waals surface area contributed by atoms with Crippen molar-refractivity contribution in [3.63, 3.8) is 0 Å². The Morgan fingerprint density at radius 3 is 2.18 bits per heavy atom. The van der Waals surface area contributed by atoms with Crippen LogP contribution >= 0.6 is 11.6 Å². The van der Waals surface area contributed by atoms with Gasteiger partial charge in [-0.3, -0.25) is 4.98 Å². The second-order valence-corrected chi connectivity index (χ2v) is 3.64. The fourth-order valence-electron chi connectivity index (χ4n) is 1.44. The molecular formula is C15H22ClN. The van der Waals surface area contributed by atoms with Crippen LogP contribution in [0.4, 0.5) is 0 Å². The molecular weight excluding hydrogens is 230 g/mol. The highest BCUT2D eigenvalue weighted by Gasteiger charge is 2.01. The third kappa shape index (κ3) is 4.01. The van der Waals surface area contributed by atoms with Crippen molar-refractivity contribution in [2.45, 2.75) is 41.5 Å². The molecule has 1 aromatic heterocycles. The van der Waals surface area contributed by atoms with Crippen molar-refractivity contribution >= 4 is 22.4 Å². The van der Waals surface area contributed by atoms with Crippen molar-refractivity contribution in [1.29, 1.82) is 0 Å². The van der Waals surface area contributed by atoms with E-state index in [9.17, 15) is 0 Å². The fraction of sp³-hybridized carbons (Fsp3) is 0.400. The lowest BCUT2D eigenvalue weighted by Crippen LogP contribution is -1.87. The smallest absolute Gasteiger partial charge is 0.0412 e. The average Bonchev–Trinajstić information content (AvgIpc) is 2.39. The minimum atomic E-state index is 0.762. The Balaban J connectivity index is 0.000000581. The molecule has 2 aromatic rings. The van der Waals surface area contributed by atoms with Gasteiger partial charge in [0.15, 0.2) is 0 Å². The van der Waals surface area contributed by atoms with Gasteiger partial charge in [0.1, 0.15) is 0 Å². The maximum atomic E-state index is 5.88. The lowest BCUT2D eigenvalue weighted by Gasteiger charge is -2.04. The fourth-order valence-corrected chi connectivity index (χ4v) is 1.62. The summed E-state index contributed by atoms with van der Waals surface area (Å²) in [5, 5.41) is 3.10. The molecule has 0 unspecified atom stereocenters. The topological polar surface area (TPSA) is 12.9 Å². The second-order valence-electron chi connectivity index (χ2n) is 3.20. The Labute approximate surface area is 110 Å². The minimum absolute atomic E-state index is 0.762. The van der Waals surface area contributed by atoms with Gasteiger partial charge >= 0.3 is 0 Å². The molecule has 0 atom stereocenters. The number of rotatable bonds is 0. The van der Waals surface area contributed by atoms with Crippen LogP contribution in [0.1, 0.15) is 39.0 Å². The van der Waals surface area contributed by atoms with Crippen LogP contribution in [-0.2, 0) is 0 Å². The van der Waals surface area contributed by atoms with Crippen molar-refractivity contribution in [2.75, 3.05) is 0 Å². The van der Waals surface area contributed by atoms with E-state index in [0.717, 1.165) is 16.1 Å². The summed E-state index contributed by atoms with van der Waals surface area (Å²) in [7, 11) is 0. The van der Waals surface area contributed by atoms with Crippen molar-refractivity contribution < 1.29 is 0 Å². The highest BCUT2D eigenvalue weighted by Crippen LogP contribution is 2.22. The Morgan fingerprint density at radius 2 is 1.59 bits per heavy atom. The molecule has 0 bridgehead atoms. The number of hydrogen-bond donors (Lipinski definition) is 0. The van der Waals surface area contributed by atoms with E-state index in [2.05, 4.69) is 11.9 Å². The first-order chi connectivity index (χ1) is 8.18. The van der Waals surface area contributed by atoms with Gasteiger partial charge < -0.3 is 0 Å². The molecule has 1 nitrogen and oxygen atoms in total. The SMILES string of the molecule is CC.CC.Cc1ncc2cc(Cl)ccc2c1C. The normalized spacial score (nSPS) is 8.88. The van der Waals surface area contributed by atoms with Gasteiger partial charge in [-0.25, -0.2) is 0 Å². The summed E-state index contributed by atoms with van der Waals surface area (Å²) >= 11 is 5.88. The monoisotopic (exact) mass is 251 g/mol. The van der Waals surface area contributed by atoms with Gasteiger partial charge in [0.2, 0.25) is 0 Å². The summed E-state index contributed by atoms with van der Waals surface area (Å²) < 4.78 is 0. The number of halogens is 1. The van der Waals surface area contributed by atoms with Gasteiger partial charge in [0, 0.05) is 22.3 Å². The van der Waals surface area contributed by atoms with E-state index >= 15 is 0 Å². The summed E-state index contributed by atoms with van der Waals surface area (Å²) in [4.78, 5) is 4.29. The molecule has 1 aromatic carbocycles. The van der Waals surface area contributed by atoms with Crippen LogP contribution in [0.2, 0.25) is 5.02 Å². The Morgan fingerprint density at radius 1 is 1.00 bits per heavy atom. The Kier molecular flexibility index (Phi) is 7.56. The Bertz CT molecular complexity index is 464. The molecule has 2 heteroatoms. The van der Waals surface area contributed by atoms with Gasteiger partial charge in [0.25, 0.3) is 0 Å². The lowest BCUT2D eigenvalue weighted by molar-refractivity contribution is 1.18. The summed E-state index contributed by atoms with van der Waals surface area (Å²) in [6, 6.07) is 5.90. The molecule has 17 heavy (non-hydrogen) atoms. The molecule has 0 saturated heterocycles. The zero-order valence-corrected chi connectivity index (χ0v) is 12.4. The van der Waals surface area contributed by atoms with Gasteiger partial charge in [-0.1, -0.05) is 45.4 Å². The molecule has 0 fully saturated rings. The molecule has 1 heterocycles. The first-order valence-corrected chi connectivity index (χ1v) is 6.58. The van der Waals surface area contributed by atoms with E-state index < -0.39 is 0 Å². The molecule has 0 saturated carbocycles. The lowest BCUT2D eigenvalue weighted by atomic mass is 10.1. The van der Waals surface area contributed by atoms with E-state index in [-0.39, 0.29) is 0 Å². The largest absolute Gasteiger partial charge is 0.261 e. The number of pyridine rings is 1. The maximum Gasteiger partial charge on any atom is 0.0412 e. The molecule has 0 aliphatic heterocycles. The molecule has 0 radical (unpaired) electrons. The van der Waals surface area contributed by atoms with Crippen molar-refractivity contribution in [2.24, 2.45) is 0 Å². The zero-order chi connectivity index (χ0) is 13.4. The molecule has 0 N–H and O–H groups in total. The van der Waals surface area contributed by atoms with Gasteiger partial charge in [-0.2, -0.15) is 0 Å². The minimum Gasteiger partial charge on any atom is -0.261 e. The molecule has 0 amide bonds. The molecule has 0 aliphatic carbocycles. The van der Waals surface area contributed by atoms with Crippen molar-refractivity contribution in [3.8, 4) is 0 Å². The summed E-state index contributed by atoms with van der Waals surface area (Å²) in [5.41, 5.74) is 2.31. The van der Waals surface area contributed by atoms with Crippen LogP contribution in [-0.4, -0.2) is 4.98 Å². The van der Waals surface area contributed by atoms with E-state index in [1.807, 2.05) is 59.0 Å². The van der Waals surface area contributed by atoms with E-state index in [0.29, 0.717) is 0 Å². The summed E-state index contributed by atoms with van der Waals surface area (Å²) in [6.07, 6.45) is 1.86. The number of hydrogen-bond acceptors (Lipinski definition) is 1. The quantitative estimate of drug-likeness (QED) is 0.598. The van der Waals surface area contributed by atoms with Crippen molar-refractivity contribution in [3.05, 3.63) is 40.7 Å². The van der Waals surface area contributed by atoms with E-state index in [1.165, 1.54) is 10.9 Å². The number of aromatic nitrogens is 1. The van der Waals surface area contributed by atoms with Crippen LogP contribution in [0, 0.1) is 13.8 Å². The zero-order valence-electron chi connectivity index (χ0n) is 11.6. The highest BCUT2D eigenvalue weighted by atomic mass is 35.5. The number of fused-ring (bicyclic) bond motifs is 1. The molecule has 2 rings (SSSR count). The second kappa shape index (κ2) is 8.08. The van der Waals surface area contributed by atoms with Crippen LogP contribution in [0.5, 0.6) is 0 Å². The standard InChI is InChI=1S/C11H10ClN.2C2H6/c1-7-8(2)13-6-9-5-10(12)3-4-11(7)9;2*1-2/h3-6H,1-2H3;2*1-2H3. The molecule has 0 aliphatic rings. The van der Waals surface area contributed by atoms with Gasteiger partial charge in [-0.15, -0.1) is 0 Å². The molecule has 0 spiro atoms. The van der Waals surface area contributed by atoms with Gasteiger partial charge in [-0.05, 0) is 36.9 Å². The van der Waals surface area contributed by atoms with Crippen molar-refractivity contribution in [1.82, 2.24) is 4.98 Å². The van der Waals surface area contributed by atoms with Crippen LogP contribution in [0.25, 0.3) is 10.8 Å². The summed E-state index contributed by atoms with van der Waals surface area (Å²) in [6.45, 7) is 12.1. The first kappa shape index (κ1) is 15.9.